The second-order valence-electron chi connectivity index (χ2n) is 4.00. The molecule has 0 amide bonds. The summed E-state index contributed by atoms with van der Waals surface area (Å²) in [6, 6.07) is 4.97. The van der Waals surface area contributed by atoms with Gasteiger partial charge in [0, 0.05) is 28.0 Å². The van der Waals surface area contributed by atoms with Crippen LogP contribution in [0, 0.1) is 5.82 Å². The summed E-state index contributed by atoms with van der Waals surface area (Å²) < 4.78 is 14.3. The van der Waals surface area contributed by atoms with Crippen LogP contribution in [-0.2, 0) is 6.54 Å². The van der Waals surface area contributed by atoms with Crippen LogP contribution in [0.5, 0.6) is 0 Å². The van der Waals surface area contributed by atoms with E-state index in [0.717, 1.165) is 17.3 Å². The van der Waals surface area contributed by atoms with Gasteiger partial charge in [-0.3, -0.25) is 0 Å². The van der Waals surface area contributed by atoms with Crippen LogP contribution in [0.1, 0.15) is 18.4 Å². The Balaban J connectivity index is 2.01. The van der Waals surface area contributed by atoms with Crippen molar-refractivity contribution < 1.29 is 4.39 Å². The van der Waals surface area contributed by atoms with E-state index in [1.54, 1.807) is 12.1 Å². The molecule has 1 saturated carbocycles. The van der Waals surface area contributed by atoms with E-state index in [0.29, 0.717) is 18.0 Å². The summed E-state index contributed by atoms with van der Waals surface area (Å²) in [6.45, 7) is 0.540. The number of hydrogen-bond acceptors (Lipinski definition) is 1. The monoisotopic (exact) mass is 291 g/mol. The fraction of sp³-hybridized carbons (Fsp3) is 0.455. The molecular formula is C11H12BrClFN. The average molecular weight is 293 g/mol. The molecule has 4 heteroatoms. The van der Waals surface area contributed by atoms with Gasteiger partial charge in [-0.05, 0) is 31.0 Å². The number of hydrogen-bond donors (Lipinski definition) is 1. The van der Waals surface area contributed by atoms with E-state index < -0.39 is 0 Å². The molecule has 82 valence electrons. The second kappa shape index (κ2) is 4.40. The summed E-state index contributed by atoms with van der Waals surface area (Å²) in [5.41, 5.74) is 0.747. The molecule has 0 spiro atoms. The Morgan fingerprint density at radius 3 is 2.80 bits per heavy atom. The summed E-state index contributed by atoms with van der Waals surface area (Å²) >= 11 is 9.16. The van der Waals surface area contributed by atoms with E-state index in [2.05, 4.69) is 21.2 Å². The van der Waals surface area contributed by atoms with Gasteiger partial charge >= 0.3 is 0 Å². The highest BCUT2D eigenvalue weighted by Gasteiger charge is 2.41. The van der Waals surface area contributed by atoms with Gasteiger partial charge in [0.15, 0.2) is 0 Å². The normalized spacial score (nSPS) is 17.8. The molecule has 1 nitrogen and oxygen atoms in total. The van der Waals surface area contributed by atoms with E-state index in [1.807, 2.05) is 0 Å². The van der Waals surface area contributed by atoms with Gasteiger partial charge in [0.2, 0.25) is 0 Å². The average Bonchev–Trinajstić information content (AvgIpc) is 3.00. The van der Waals surface area contributed by atoms with Gasteiger partial charge in [-0.2, -0.15) is 0 Å². The van der Waals surface area contributed by atoms with E-state index in [4.69, 9.17) is 11.6 Å². The van der Waals surface area contributed by atoms with Gasteiger partial charge in [-0.25, -0.2) is 4.39 Å². The zero-order chi connectivity index (χ0) is 10.9. The van der Waals surface area contributed by atoms with Gasteiger partial charge in [0.05, 0.1) is 0 Å². The van der Waals surface area contributed by atoms with Gasteiger partial charge in [-0.15, -0.1) is 11.6 Å². The Hall–Kier alpha value is -0.120. The highest BCUT2D eigenvalue weighted by molar-refractivity contribution is 9.10. The first-order valence-corrected chi connectivity index (χ1v) is 6.23. The Morgan fingerprint density at radius 1 is 1.47 bits per heavy atom. The van der Waals surface area contributed by atoms with Crippen LogP contribution in [0.3, 0.4) is 0 Å². The summed E-state index contributed by atoms with van der Waals surface area (Å²) in [7, 11) is 0. The Bertz CT molecular complexity index is 366. The molecule has 0 aliphatic heterocycles. The lowest BCUT2D eigenvalue weighted by molar-refractivity contribution is 0.522. The summed E-state index contributed by atoms with van der Waals surface area (Å²) in [5, 5.41) is 3.31. The van der Waals surface area contributed by atoms with Crippen molar-refractivity contribution in [3.63, 3.8) is 0 Å². The summed E-state index contributed by atoms with van der Waals surface area (Å²) in [5.74, 6) is 0.430. The maximum Gasteiger partial charge on any atom is 0.127 e. The van der Waals surface area contributed by atoms with Crippen molar-refractivity contribution in [2.75, 3.05) is 5.88 Å². The molecule has 0 atom stereocenters. The molecule has 1 aliphatic rings. The highest BCUT2D eigenvalue weighted by Crippen LogP contribution is 2.36. The molecule has 15 heavy (non-hydrogen) atoms. The number of benzene rings is 1. The molecule has 0 saturated heterocycles. The van der Waals surface area contributed by atoms with Gasteiger partial charge < -0.3 is 5.32 Å². The van der Waals surface area contributed by atoms with Crippen molar-refractivity contribution >= 4 is 27.5 Å². The first kappa shape index (κ1) is 11.4. The molecule has 1 aromatic carbocycles. The van der Waals surface area contributed by atoms with Crippen molar-refractivity contribution in [2.45, 2.75) is 24.9 Å². The van der Waals surface area contributed by atoms with E-state index in [1.165, 1.54) is 6.07 Å². The molecule has 0 unspecified atom stereocenters. The lowest BCUT2D eigenvalue weighted by atomic mass is 10.2. The van der Waals surface area contributed by atoms with Crippen LogP contribution in [0.25, 0.3) is 0 Å². The molecule has 1 aliphatic carbocycles. The molecule has 0 bridgehead atoms. The maximum absolute atomic E-state index is 13.4. The Labute approximate surface area is 102 Å². The first-order valence-electron chi connectivity index (χ1n) is 4.90. The molecule has 1 fully saturated rings. The maximum atomic E-state index is 13.4. The number of nitrogens with one attached hydrogen (secondary N) is 1. The van der Waals surface area contributed by atoms with Crippen LogP contribution >= 0.6 is 27.5 Å². The van der Waals surface area contributed by atoms with Crippen LogP contribution in [0.4, 0.5) is 4.39 Å². The highest BCUT2D eigenvalue weighted by atomic mass is 79.9. The quantitative estimate of drug-likeness (QED) is 0.838. The lowest BCUT2D eigenvalue weighted by Crippen LogP contribution is -2.32. The Morgan fingerprint density at radius 2 is 2.20 bits per heavy atom. The van der Waals surface area contributed by atoms with Crippen molar-refractivity contribution in [2.24, 2.45) is 0 Å². The number of alkyl halides is 1. The molecule has 0 aromatic heterocycles. The second-order valence-corrected chi connectivity index (χ2v) is 5.19. The van der Waals surface area contributed by atoms with Crippen LogP contribution in [-0.4, -0.2) is 11.4 Å². The number of rotatable bonds is 4. The molecule has 1 aromatic rings. The van der Waals surface area contributed by atoms with Crippen molar-refractivity contribution in [3.8, 4) is 0 Å². The van der Waals surface area contributed by atoms with Crippen LogP contribution < -0.4 is 5.32 Å². The van der Waals surface area contributed by atoms with Crippen molar-refractivity contribution in [1.29, 1.82) is 0 Å². The SMILES string of the molecule is Fc1ccc(Br)cc1CNC1(CCl)CC1. The fourth-order valence-electron chi connectivity index (χ4n) is 1.47. The minimum absolute atomic E-state index is 0.0658. The van der Waals surface area contributed by atoms with Crippen LogP contribution in [0.2, 0.25) is 0 Å². The van der Waals surface area contributed by atoms with E-state index in [9.17, 15) is 4.39 Å². The zero-order valence-corrected chi connectivity index (χ0v) is 10.5. The molecule has 1 N–H and O–H groups in total. The standard InChI is InChI=1S/C11H12BrClFN/c12-9-1-2-10(14)8(5-9)6-15-11(7-13)3-4-11/h1-2,5,15H,3-4,6-7H2. The van der Waals surface area contributed by atoms with Gasteiger partial charge in [0.25, 0.3) is 0 Å². The molecule has 0 radical (unpaired) electrons. The minimum atomic E-state index is -0.170. The van der Waals surface area contributed by atoms with Crippen molar-refractivity contribution in [1.82, 2.24) is 5.32 Å². The Kier molecular flexibility index (Phi) is 3.33. The molecular weight excluding hydrogens is 280 g/mol. The summed E-state index contributed by atoms with van der Waals surface area (Å²) in [4.78, 5) is 0. The van der Waals surface area contributed by atoms with Gasteiger partial charge in [0.1, 0.15) is 5.82 Å². The third-order valence-corrected chi connectivity index (χ3v) is 3.78. The minimum Gasteiger partial charge on any atom is -0.306 e. The largest absolute Gasteiger partial charge is 0.306 e. The van der Waals surface area contributed by atoms with Gasteiger partial charge in [-0.1, -0.05) is 15.9 Å². The molecule has 0 heterocycles. The van der Waals surface area contributed by atoms with Crippen molar-refractivity contribution in [3.05, 3.63) is 34.1 Å². The third kappa shape index (κ3) is 2.71. The predicted octanol–water partition coefficient (Wildman–Crippen LogP) is 3.45. The fourth-order valence-corrected chi connectivity index (χ4v) is 2.24. The lowest BCUT2D eigenvalue weighted by Gasteiger charge is -2.14. The first-order chi connectivity index (χ1) is 7.15. The molecule has 2 rings (SSSR count). The van der Waals surface area contributed by atoms with E-state index >= 15 is 0 Å². The smallest absolute Gasteiger partial charge is 0.127 e. The number of halogens is 3. The topological polar surface area (TPSA) is 12.0 Å². The third-order valence-electron chi connectivity index (χ3n) is 2.77. The predicted molar refractivity (Wildman–Crippen MR) is 63.6 cm³/mol. The summed E-state index contributed by atoms with van der Waals surface area (Å²) in [6.07, 6.45) is 2.18. The zero-order valence-electron chi connectivity index (χ0n) is 8.19. The van der Waals surface area contributed by atoms with Crippen LogP contribution in [0.15, 0.2) is 22.7 Å². The van der Waals surface area contributed by atoms with E-state index in [-0.39, 0.29) is 11.4 Å².